The molecule has 0 unspecified atom stereocenters. The highest BCUT2D eigenvalue weighted by molar-refractivity contribution is 5.76. The van der Waals surface area contributed by atoms with Gasteiger partial charge in [0.15, 0.2) is 0 Å². The van der Waals surface area contributed by atoms with Crippen molar-refractivity contribution in [2.45, 2.75) is 90.0 Å². The monoisotopic (exact) mass is 265 g/mol. The molecule has 0 N–H and O–H groups in total. The first-order chi connectivity index (χ1) is 9.31. The minimum absolute atomic E-state index is 0.431. The Morgan fingerprint density at radius 2 is 1.53 bits per heavy atom. The number of hydrogen-bond acceptors (Lipinski definition) is 1. The molecule has 0 aromatic heterocycles. The number of rotatable bonds is 5. The van der Waals surface area contributed by atoms with Gasteiger partial charge in [0.1, 0.15) is 0 Å². The molecule has 0 spiro atoms. The second-order valence-electron chi connectivity index (χ2n) is 6.51. The smallest absolute Gasteiger partial charge is 0.222 e. The molecule has 2 heteroatoms. The summed E-state index contributed by atoms with van der Waals surface area (Å²) in [5.74, 6) is 1.27. The van der Waals surface area contributed by atoms with Gasteiger partial charge in [-0.2, -0.15) is 0 Å². The molecule has 2 saturated carbocycles. The molecule has 2 aliphatic rings. The Hall–Kier alpha value is -0.530. The fraction of sp³-hybridized carbons (Fsp3) is 0.941. The zero-order valence-electron chi connectivity index (χ0n) is 12.7. The predicted molar refractivity (Wildman–Crippen MR) is 80.1 cm³/mol. The van der Waals surface area contributed by atoms with Gasteiger partial charge in [-0.1, -0.05) is 51.4 Å². The van der Waals surface area contributed by atoms with E-state index in [0.717, 1.165) is 25.3 Å². The van der Waals surface area contributed by atoms with Crippen LogP contribution in [0.15, 0.2) is 0 Å². The summed E-state index contributed by atoms with van der Waals surface area (Å²) in [7, 11) is 0. The zero-order chi connectivity index (χ0) is 13.5. The van der Waals surface area contributed by atoms with Crippen LogP contribution in [0.3, 0.4) is 0 Å². The average molecular weight is 265 g/mol. The van der Waals surface area contributed by atoms with Crippen molar-refractivity contribution in [1.29, 1.82) is 0 Å². The van der Waals surface area contributed by atoms with E-state index in [1.165, 1.54) is 64.2 Å². The van der Waals surface area contributed by atoms with Crippen molar-refractivity contribution < 1.29 is 4.79 Å². The van der Waals surface area contributed by atoms with E-state index in [9.17, 15) is 4.79 Å². The van der Waals surface area contributed by atoms with Gasteiger partial charge < -0.3 is 4.90 Å². The average Bonchev–Trinajstić information content (AvgIpc) is 2.48. The Kier molecular flexibility index (Phi) is 6.19. The van der Waals surface area contributed by atoms with E-state index in [4.69, 9.17) is 0 Å². The molecule has 0 heterocycles. The van der Waals surface area contributed by atoms with Gasteiger partial charge in [-0.3, -0.25) is 4.79 Å². The zero-order valence-corrected chi connectivity index (χ0v) is 12.7. The number of amides is 1. The molecule has 1 amide bonds. The van der Waals surface area contributed by atoms with Crippen molar-refractivity contribution in [1.82, 2.24) is 4.90 Å². The minimum atomic E-state index is 0.431. The topological polar surface area (TPSA) is 20.3 Å². The van der Waals surface area contributed by atoms with Gasteiger partial charge in [0.25, 0.3) is 0 Å². The van der Waals surface area contributed by atoms with E-state index in [-0.39, 0.29) is 0 Å². The second kappa shape index (κ2) is 7.91. The highest BCUT2D eigenvalue weighted by Gasteiger charge is 2.24. The molecule has 2 aliphatic carbocycles. The molecule has 110 valence electrons. The maximum absolute atomic E-state index is 12.4. The highest BCUT2D eigenvalue weighted by Crippen LogP contribution is 2.28. The largest absolute Gasteiger partial charge is 0.340 e. The fourth-order valence-electron chi connectivity index (χ4n) is 3.98. The first kappa shape index (κ1) is 14.9. The number of nitrogens with zero attached hydrogens (tertiary/aromatic N) is 1. The molecule has 0 saturated heterocycles. The van der Waals surface area contributed by atoms with E-state index in [1.54, 1.807) is 0 Å². The predicted octanol–water partition coefficient (Wildman–Crippen LogP) is 4.53. The van der Waals surface area contributed by atoms with Crippen molar-refractivity contribution in [2.24, 2.45) is 5.92 Å². The highest BCUT2D eigenvalue weighted by atomic mass is 16.2. The maximum atomic E-state index is 12.4. The van der Waals surface area contributed by atoms with Crippen molar-refractivity contribution in [2.75, 3.05) is 6.54 Å². The summed E-state index contributed by atoms with van der Waals surface area (Å²) < 4.78 is 0. The Labute approximate surface area is 118 Å². The molecule has 19 heavy (non-hydrogen) atoms. The normalized spacial score (nSPS) is 22.4. The van der Waals surface area contributed by atoms with Crippen LogP contribution in [0.1, 0.15) is 84.0 Å². The van der Waals surface area contributed by atoms with Crippen molar-refractivity contribution in [3.63, 3.8) is 0 Å². The number of carbonyl (C=O) groups excluding carboxylic acids is 1. The third-order valence-electron chi connectivity index (χ3n) is 5.17. The number of carbonyl (C=O) groups is 1. The standard InChI is InChI=1S/C17H31NO/c1-2-18(16-11-7-4-8-12-16)17(19)14-13-15-9-5-3-6-10-15/h15-16H,2-14H2,1H3. The second-order valence-corrected chi connectivity index (χ2v) is 6.51. The molecule has 2 rings (SSSR count). The Morgan fingerprint density at radius 1 is 0.947 bits per heavy atom. The molecule has 0 radical (unpaired) electrons. The molecule has 2 fully saturated rings. The first-order valence-electron chi connectivity index (χ1n) is 8.60. The molecular formula is C17H31NO. The first-order valence-corrected chi connectivity index (χ1v) is 8.60. The molecule has 2 nitrogen and oxygen atoms in total. The molecule has 0 aromatic rings. The summed E-state index contributed by atoms with van der Waals surface area (Å²) in [6.07, 6.45) is 15.3. The lowest BCUT2D eigenvalue weighted by atomic mass is 9.86. The Bertz CT molecular complexity index is 264. The number of hydrogen-bond donors (Lipinski definition) is 0. The van der Waals surface area contributed by atoms with E-state index >= 15 is 0 Å². The molecular weight excluding hydrogens is 234 g/mol. The van der Waals surface area contributed by atoms with Crippen molar-refractivity contribution >= 4 is 5.91 Å². The lowest BCUT2D eigenvalue weighted by Crippen LogP contribution is -2.41. The van der Waals surface area contributed by atoms with Gasteiger partial charge in [0.05, 0.1) is 0 Å². The van der Waals surface area contributed by atoms with Crippen LogP contribution in [0, 0.1) is 5.92 Å². The molecule has 0 aromatic carbocycles. The summed E-state index contributed by atoms with van der Waals surface area (Å²) in [5, 5.41) is 0. The van der Waals surface area contributed by atoms with Crippen LogP contribution in [-0.4, -0.2) is 23.4 Å². The lowest BCUT2D eigenvalue weighted by Gasteiger charge is -2.34. The summed E-state index contributed by atoms with van der Waals surface area (Å²) in [5.41, 5.74) is 0. The summed E-state index contributed by atoms with van der Waals surface area (Å²) in [6, 6.07) is 0.553. The third kappa shape index (κ3) is 4.50. The van der Waals surface area contributed by atoms with E-state index in [1.807, 2.05) is 0 Å². The molecule has 0 atom stereocenters. The van der Waals surface area contributed by atoms with Crippen molar-refractivity contribution in [3.8, 4) is 0 Å². The fourth-order valence-corrected chi connectivity index (χ4v) is 3.98. The van der Waals surface area contributed by atoms with Crippen LogP contribution in [0.5, 0.6) is 0 Å². The van der Waals surface area contributed by atoms with Gasteiger partial charge >= 0.3 is 0 Å². The van der Waals surface area contributed by atoms with Crippen LogP contribution in [0.2, 0.25) is 0 Å². The van der Waals surface area contributed by atoms with Gasteiger partial charge in [0.2, 0.25) is 5.91 Å². The van der Waals surface area contributed by atoms with Gasteiger partial charge in [-0.15, -0.1) is 0 Å². The minimum Gasteiger partial charge on any atom is -0.340 e. The Morgan fingerprint density at radius 3 is 2.11 bits per heavy atom. The van der Waals surface area contributed by atoms with Gasteiger partial charge in [0, 0.05) is 19.0 Å². The van der Waals surface area contributed by atoms with Crippen LogP contribution < -0.4 is 0 Å². The van der Waals surface area contributed by atoms with Crippen LogP contribution in [0.25, 0.3) is 0 Å². The molecule has 0 bridgehead atoms. The van der Waals surface area contributed by atoms with Crippen LogP contribution in [-0.2, 0) is 4.79 Å². The van der Waals surface area contributed by atoms with Crippen LogP contribution >= 0.6 is 0 Å². The van der Waals surface area contributed by atoms with Gasteiger partial charge in [-0.25, -0.2) is 0 Å². The SMILES string of the molecule is CCN(C(=O)CCC1CCCCC1)C1CCCCC1. The van der Waals surface area contributed by atoms with E-state index < -0.39 is 0 Å². The Balaban J connectivity index is 1.75. The van der Waals surface area contributed by atoms with Crippen molar-refractivity contribution in [3.05, 3.63) is 0 Å². The van der Waals surface area contributed by atoms with Crippen LogP contribution in [0.4, 0.5) is 0 Å². The quantitative estimate of drug-likeness (QED) is 0.715. The summed E-state index contributed by atoms with van der Waals surface area (Å²) in [6.45, 7) is 3.06. The summed E-state index contributed by atoms with van der Waals surface area (Å²) in [4.78, 5) is 14.6. The van der Waals surface area contributed by atoms with E-state index in [2.05, 4.69) is 11.8 Å². The third-order valence-corrected chi connectivity index (χ3v) is 5.17. The van der Waals surface area contributed by atoms with Gasteiger partial charge in [-0.05, 0) is 32.1 Å². The summed E-state index contributed by atoms with van der Waals surface area (Å²) >= 11 is 0. The van der Waals surface area contributed by atoms with E-state index in [0.29, 0.717) is 11.9 Å². The lowest BCUT2D eigenvalue weighted by molar-refractivity contribution is -0.134. The maximum Gasteiger partial charge on any atom is 0.222 e. The molecule has 0 aliphatic heterocycles.